The number of rotatable bonds is 5. The van der Waals surface area contributed by atoms with Crippen LogP contribution in [0.25, 0.3) is 0 Å². The zero-order chi connectivity index (χ0) is 20.1. The molecule has 0 N–H and O–H groups in total. The minimum absolute atomic E-state index is 0.0714. The summed E-state index contributed by atoms with van der Waals surface area (Å²) in [7, 11) is -3.57. The second-order valence-corrected chi connectivity index (χ2v) is 8.98. The van der Waals surface area contributed by atoms with Crippen LogP contribution in [0.15, 0.2) is 53.4 Å². The normalized spacial score (nSPS) is 16.0. The molecule has 1 aliphatic heterocycles. The van der Waals surface area contributed by atoms with Crippen LogP contribution in [0.1, 0.15) is 24.0 Å². The molecule has 0 spiro atoms. The summed E-state index contributed by atoms with van der Waals surface area (Å²) in [6.45, 7) is 3.42. The van der Waals surface area contributed by atoms with Gasteiger partial charge in [-0.1, -0.05) is 35.9 Å². The van der Waals surface area contributed by atoms with E-state index in [1.54, 1.807) is 47.4 Å². The Morgan fingerprint density at radius 1 is 1.00 bits per heavy atom. The highest BCUT2D eigenvalue weighted by molar-refractivity contribution is 7.89. The molecule has 0 atom stereocenters. The molecule has 1 saturated heterocycles. The average molecular weight is 405 g/mol. The molecule has 0 aliphatic carbocycles. The number of benzene rings is 2. The summed E-state index contributed by atoms with van der Waals surface area (Å²) in [5, 5.41) is 0. The van der Waals surface area contributed by atoms with Gasteiger partial charge in [-0.3, -0.25) is 4.79 Å². The van der Waals surface area contributed by atoms with Crippen LogP contribution >= 0.6 is 0 Å². The first-order valence-corrected chi connectivity index (χ1v) is 10.9. The summed E-state index contributed by atoms with van der Waals surface area (Å²) in [5.74, 6) is -0.376. The Balaban J connectivity index is 1.60. The maximum Gasteiger partial charge on any atom is 0.243 e. The van der Waals surface area contributed by atoms with Crippen LogP contribution in [0.4, 0.5) is 4.39 Å². The van der Waals surface area contributed by atoms with Crippen molar-refractivity contribution in [2.24, 2.45) is 0 Å². The van der Waals surface area contributed by atoms with Crippen molar-refractivity contribution >= 4 is 15.9 Å². The third-order valence-corrected chi connectivity index (χ3v) is 6.95. The number of nitrogens with zero attached hydrogens (tertiary/aromatic N) is 2. The quantitative estimate of drug-likeness (QED) is 0.770. The van der Waals surface area contributed by atoms with Crippen molar-refractivity contribution in [2.75, 3.05) is 26.2 Å². The molecule has 3 rings (SSSR count). The van der Waals surface area contributed by atoms with Crippen molar-refractivity contribution in [2.45, 2.75) is 31.1 Å². The lowest BCUT2D eigenvalue weighted by molar-refractivity contribution is -0.131. The lowest BCUT2D eigenvalue weighted by Crippen LogP contribution is -2.37. The Labute approximate surface area is 165 Å². The highest BCUT2D eigenvalue weighted by atomic mass is 32.2. The van der Waals surface area contributed by atoms with Gasteiger partial charge in [0.15, 0.2) is 0 Å². The van der Waals surface area contributed by atoms with E-state index < -0.39 is 10.0 Å². The Kier molecular flexibility index (Phi) is 6.46. The van der Waals surface area contributed by atoms with E-state index in [1.807, 2.05) is 6.92 Å². The number of amides is 1. The van der Waals surface area contributed by atoms with Crippen LogP contribution in [-0.4, -0.2) is 49.7 Å². The molecule has 0 saturated carbocycles. The number of sulfonamides is 1. The first-order chi connectivity index (χ1) is 13.4. The molecule has 2 aromatic carbocycles. The average Bonchev–Trinajstić information content (AvgIpc) is 2.94. The summed E-state index contributed by atoms with van der Waals surface area (Å²) in [5.41, 5.74) is 1.52. The third kappa shape index (κ3) is 4.77. The van der Waals surface area contributed by atoms with E-state index >= 15 is 0 Å². The minimum atomic E-state index is -3.57. The van der Waals surface area contributed by atoms with Gasteiger partial charge in [0.2, 0.25) is 15.9 Å². The van der Waals surface area contributed by atoms with Gasteiger partial charge in [0.05, 0.1) is 4.90 Å². The number of carbonyl (C=O) groups is 1. The van der Waals surface area contributed by atoms with E-state index in [4.69, 9.17) is 0 Å². The lowest BCUT2D eigenvalue weighted by Gasteiger charge is -2.22. The monoisotopic (exact) mass is 404 g/mol. The van der Waals surface area contributed by atoms with Crippen LogP contribution in [-0.2, 0) is 21.2 Å². The van der Waals surface area contributed by atoms with Crippen LogP contribution in [0.5, 0.6) is 0 Å². The molecule has 1 fully saturated rings. The summed E-state index contributed by atoms with van der Waals surface area (Å²) >= 11 is 0. The SMILES string of the molecule is Cc1ccc(S(=O)(=O)N2CCCN(C(=O)CCc3ccccc3F)CC2)cc1. The molecule has 0 aromatic heterocycles. The smallest absolute Gasteiger partial charge is 0.243 e. The predicted molar refractivity (Wildman–Crippen MR) is 106 cm³/mol. The van der Waals surface area contributed by atoms with Gasteiger partial charge in [-0.2, -0.15) is 4.31 Å². The van der Waals surface area contributed by atoms with E-state index in [-0.39, 0.29) is 29.6 Å². The third-order valence-electron chi connectivity index (χ3n) is 5.03. The first-order valence-electron chi connectivity index (χ1n) is 9.46. The Hall–Kier alpha value is -2.25. The van der Waals surface area contributed by atoms with E-state index in [9.17, 15) is 17.6 Å². The minimum Gasteiger partial charge on any atom is -0.341 e. The highest BCUT2D eigenvalue weighted by Gasteiger charge is 2.28. The maximum absolute atomic E-state index is 13.7. The number of hydrogen-bond donors (Lipinski definition) is 0. The molecule has 1 aliphatic rings. The van der Waals surface area contributed by atoms with Crippen molar-refractivity contribution in [1.29, 1.82) is 0 Å². The fourth-order valence-electron chi connectivity index (χ4n) is 3.34. The Bertz CT molecular complexity index is 929. The van der Waals surface area contributed by atoms with Crippen LogP contribution in [0.3, 0.4) is 0 Å². The molecule has 0 bridgehead atoms. The second-order valence-electron chi connectivity index (χ2n) is 7.04. The lowest BCUT2D eigenvalue weighted by atomic mass is 10.1. The summed E-state index contributed by atoms with van der Waals surface area (Å²) in [6.07, 6.45) is 1.13. The number of halogens is 1. The molecule has 7 heteroatoms. The van der Waals surface area contributed by atoms with Crippen molar-refractivity contribution in [3.8, 4) is 0 Å². The van der Waals surface area contributed by atoms with Crippen molar-refractivity contribution in [3.63, 3.8) is 0 Å². The summed E-state index contributed by atoms with van der Waals surface area (Å²) in [6, 6.07) is 13.2. The molecule has 1 amide bonds. The molecule has 5 nitrogen and oxygen atoms in total. The van der Waals surface area contributed by atoms with Gasteiger partial charge in [0, 0.05) is 32.6 Å². The van der Waals surface area contributed by atoms with Gasteiger partial charge < -0.3 is 4.90 Å². The van der Waals surface area contributed by atoms with Gasteiger partial charge >= 0.3 is 0 Å². The van der Waals surface area contributed by atoms with E-state index in [2.05, 4.69) is 0 Å². The van der Waals surface area contributed by atoms with Gasteiger partial charge in [-0.05, 0) is 43.5 Å². The van der Waals surface area contributed by atoms with Gasteiger partial charge in [-0.15, -0.1) is 0 Å². The Morgan fingerprint density at radius 3 is 2.43 bits per heavy atom. The van der Waals surface area contributed by atoms with Crippen molar-refractivity contribution in [1.82, 2.24) is 9.21 Å². The predicted octanol–water partition coefficient (Wildman–Crippen LogP) is 2.99. The van der Waals surface area contributed by atoms with Crippen molar-refractivity contribution in [3.05, 3.63) is 65.5 Å². The standard InChI is InChI=1S/C21H25FN2O3S/c1-17-7-10-19(11-8-17)28(26,27)24-14-4-13-23(15-16-24)21(25)12-9-18-5-2-3-6-20(18)22/h2-3,5-8,10-11H,4,9,12-16H2,1H3. The molecule has 2 aromatic rings. The molecular formula is C21H25FN2O3S. The number of carbonyl (C=O) groups excluding carboxylic acids is 1. The topological polar surface area (TPSA) is 57.7 Å². The highest BCUT2D eigenvalue weighted by Crippen LogP contribution is 2.19. The zero-order valence-corrected chi connectivity index (χ0v) is 16.8. The maximum atomic E-state index is 13.7. The van der Waals surface area contributed by atoms with Gasteiger partial charge in [0.25, 0.3) is 0 Å². The summed E-state index contributed by atoms with van der Waals surface area (Å²) in [4.78, 5) is 14.5. The summed E-state index contributed by atoms with van der Waals surface area (Å²) < 4.78 is 40.9. The van der Waals surface area contributed by atoms with E-state index in [1.165, 1.54) is 10.4 Å². The molecule has 28 heavy (non-hydrogen) atoms. The Morgan fingerprint density at radius 2 is 1.71 bits per heavy atom. The molecule has 150 valence electrons. The van der Waals surface area contributed by atoms with Crippen molar-refractivity contribution < 1.29 is 17.6 Å². The molecule has 0 unspecified atom stereocenters. The molecular weight excluding hydrogens is 379 g/mol. The second kappa shape index (κ2) is 8.84. The first kappa shape index (κ1) is 20.5. The number of aryl methyl sites for hydroxylation is 2. The van der Waals surface area contributed by atoms with E-state index in [0.29, 0.717) is 38.0 Å². The fraction of sp³-hybridized carbons (Fsp3) is 0.381. The van der Waals surface area contributed by atoms with E-state index in [0.717, 1.165) is 5.56 Å². The van der Waals surface area contributed by atoms with Crippen LogP contribution < -0.4 is 0 Å². The van der Waals surface area contributed by atoms with Gasteiger partial charge in [-0.25, -0.2) is 12.8 Å². The molecule has 0 radical (unpaired) electrons. The van der Waals surface area contributed by atoms with Gasteiger partial charge in [0.1, 0.15) is 5.82 Å². The number of hydrogen-bond acceptors (Lipinski definition) is 3. The molecule has 1 heterocycles. The van der Waals surface area contributed by atoms with Crippen LogP contribution in [0.2, 0.25) is 0 Å². The largest absolute Gasteiger partial charge is 0.341 e. The fourth-order valence-corrected chi connectivity index (χ4v) is 4.81. The van der Waals surface area contributed by atoms with Crippen LogP contribution in [0, 0.1) is 12.7 Å². The zero-order valence-electron chi connectivity index (χ0n) is 16.0.